The summed E-state index contributed by atoms with van der Waals surface area (Å²) in [6.07, 6.45) is 1.67. The largest absolute Gasteiger partial charge is 0.497 e. The molecule has 192 valence electrons. The van der Waals surface area contributed by atoms with Gasteiger partial charge in [-0.15, -0.1) is 0 Å². The molecule has 1 aromatic heterocycles. The molecular weight excluding hydrogens is 566 g/mol. The van der Waals surface area contributed by atoms with Gasteiger partial charge in [0.15, 0.2) is 5.58 Å². The van der Waals surface area contributed by atoms with Gasteiger partial charge in [0.25, 0.3) is 5.91 Å². The van der Waals surface area contributed by atoms with Crippen LogP contribution in [-0.4, -0.2) is 34.8 Å². The van der Waals surface area contributed by atoms with Crippen molar-refractivity contribution < 1.29 is 23.5 Å². The third-order valence-electron chi connectivity index (χ3n) is 5.62. The lowest BCUT2D eigenvalue weighted by Gasteiger charge is -2.14. The van der Waals surface area contributed by atoms with Crippen molar-refractivity contribution in [2.75, 3.05) is 13.7 Å². The van der Waals surface area contributed by atoms with E-state index >= 15 is 0 Å². The van der Waals surface area contributed by atoms with Crippen LogP contribution in [0.2, 0.25) is 5.02 Å². The Bertz CT molecular complexity index is 1640. The molecule has 0 bridgehead atoms. The summed E-state index contributed by atoms with van der Waals surface area (Å²) in [6, 6.07) is 17.5. The molecule has 0 radical (unpaired) electrons. The van der Waals surface area contributed by atoms with Gasteiger partial charge in [-0.1, -0.05) is 71.2 Å². The average molecular weight is 584 g/mol. The SMILES string of the molecule is COc1ccc(-c2cc(OC(=O)CCN3C(=O)C(=Cc4ccc(Cl)cc4)SC3=S)cc3sc(=O)oc23)cc1. The fourth-order valence-electron chi connectivity index (χ4n) is 3.78. The summed E-state index contributed by atoms with van der Waals surface area (Å²) < 4.78 is 17.1. The number of thiocarbonyl (C=S) groups is 1. The molecule has 4 aromatic rings. The second-order valence-corrected chi connectivity index (χ2v) is 11.2. The van der Waals surface area contributed by atoms with E-state index in [0.717, 1.165) is 22.5 Å². The summed E-state index contributed by atoms with van der Waals surface area (Å²) in [5, 5.41) is 0.602. The number of fused-ring (bicyclic) bond motifs is 1. The van der Waals surface area contributed by atoms with Crippen LogP contribution in [0.25, 0.3) is 27.5 Å². The lowest BCUT2D eigenvalue weighted by atomic mass is 10.0. The molecule has 0 spiro atoms. The van der Waals surface area contributed by atoms with E-state index < -0.39 is 10.9 Å². The number of methoxy groups -OCH3 is 1. The van der Waals surface area contributed by atoms with E-state index in [2.05, 4.69) is 0 Å². The van der Waals surface area contributed by atoms with Crippen molar-refractivity contribution >= 4 is 79.5 Å². The molecule has 2 heterocycles. The molecule has 0 atom stereocenters. The highest BCUT2D eigenvalue weighted by atomic mass is 35.5. The standard InChI is InChI=1S/C27H18ClNO6S3/c1-33-18-8-4-16(5-9-18)20-13-19(14-21-24(20)35-27(32)38-21)34-23(30)10-11-29-25(31)22(37-26(29)36)12-15-2-6-17(28)7-3-15/h2-9,12-14H,10-11H2,1H3. The number of ether oxygens (including phenoxy) is 2. The quantitative estimate of drug-likeness (QED) is 0.107. The van der Waals surface area contributed by atoms with Crippen LogP contribution in [0.3, 0.4) is 0 Å². The number of halogens is 1. The molecule has 38 heavy (non-hydrogen) atoms. The van der Waals surface area contributed by atoms with Crippen LogP contribution in [0, 0.1) is 0 Å². The van der Waals surface area contributed by atoms with Gasteiger partial charge in [-0.3, -0.25) is 14.5 Å². The van der Waals surface area contributed by atoms with Gasteiger partial charge in [0, 0.05) is 23.2 Å². The van der Waals surface area contributed by atoms with E-state index in [0.29, 0.717) is 35.8 Å². The van der Waals surface area contributed by atoms with Gasteiger partial charge in [0.1, 0.15) is 15.8 Å². The summed E-state index contributed by atoms with van der Waals surface area (Å²) >= 11 is 13.4. The molecule has 1 aliphatic rings. The fraction of sp³-hybridized carbons (Fsp3) is 0.111. The Labute approximate surface area is 235 Å². The number of esters is 1. The zero-order valence-corrected chi connectivity index (χ0v) is 23.0. The van der Waals surface area contributed by atoms with Crippen LogP contribution in [0.4, 0.5) is 0 Å². The zero-order chi connectivity index (χ0) is 26.8. The third kappa shape index (κ3) is 5.68. The lowest BCUT2D eigenvalue weighted by Crippen LogP contribution is -2.31. The summed E-state index contributed by atoms with van der Waals surface area (Å²) in [5.74, 6) is 0.127. The van der Waals surface area contributed by atoms with Crippen LogP contribution in [0.5, 0.6) is 11.5 Å². The molecule has 1 fully saturated rings. The van der Waals surface area contributed by atoms with Crippen molar-refractivity contribution in [2.45, 2.75) is 6.42 Å². The number of nitrogens with zero attached hydrogens (tertiary/aromatic N) is 1. The van der Waals surface area contributed by atoms with Gasteiger partial charge in [0.05, 0.1) is 23.1 Å². The highest BCUT2D eigenvalue weighted by Crippen LogP contribution is 2.36. The van der Waals surface area contributed by atoms with Gasteiger partial charge in [0.2, 0.25) is 0 Å². The van der Waals surface area contributed by atoms with E-state index in [1.54, 1.807) is 61.7 Å². The van der Waals surface area contributed by atoms with Crippen LogP contribution >= 0.6 is 46.9 Å². The summed E-state index contributed by atoms with van der Waals surface area (Å²) in [6.45, 7) is 0.0775. The highest BCUT2D eigenvalue weighted by Gasteiger charge is 2.32. The van der Waals surface area contributed by atoms with E-state index in [9.17, 15) is 14.4 Å². The molecule has 7 nitrogen and oxygen atoms in total. The summed E-state index contributed by atoms with van der Waals surface area (Å²) in [5.41, 5.74) is 2.60. The van der Waals surface area contributed by atoms with Gasteiger partial charge < -0.3 is 13.9 Å². The Hall–Kier alpha value is -3.44. The predicted molar refractivity (Wildman–Crippen MR) is 154 cm³/mol. The third-order valence-corrected chi connectivity index (χ3v) is 8.02. The average Bonchev–Trinajstić information content (AvgIpc) is 3.41. The number of thioether (sulfide) groups is 1. The Kier molecular flexibility index (Phi) is 7.66. The Balaban J connectivity index is 1.30. The van der Waals surface area contributed by atoms with E-state index in [4.69, 9.17) is 37.7 Å². The van der Waals surface area contributed by atoms with Gasteiger partial charge in [-0.05, 0) is 47.5 Å². The number of carbonyl (C=O) groups excluding carboxylic acids is 2. The second kappa shape index (κ2) is 11.1. The van der Waals surface area contributed by atoms with Crippen molar-refractivity contribution in [1.29, 1.82) is 0 Å². The molecule has 11 heteroatoms. The van der Waals surface area contributed by atoms with Crippen LogP contribution < -0.4 is 14.4 Å². The monoisotopic (exact) mass is 583 g/mol. The van der Waals surface area contributed by atoms with E-state index in [1.165, 1.54) is 16.7 Å². The van der Waals surface area contributed by atoms with Crippen molar-refractivity contribution in [2.24, 2.45) is 0 Å². The Morgan fingerprint density at radius 3 is 2.53 bits per heavy atom. The number of hydrogen-bond acceptors (Lipinski definition) is 9. The first kappa shape index (κ1) is 26.2. The fourth-order valence-corrected chi connectivity index (χ4v) is 5.94. The van der Waals surface area contributed by atoms with Crippen LogP contribution in [0.15, 0.2) is 74.8 Å². The minimum absolute atomic E-state index is 0.0712. The molecule has 1 aliphatic heterocycles. The molecule has 0 aliphatic carbocycles. The number of amides is 1. The van der Waals surface area contributed by atoms with Crippen molar-refractivity contribution in [3.05, 3.63) is 85.9 Å². The normalized spacial score (nSPS) is 14.5. The maximum atomic E-state index is 12.9. The molecule has 1 amide bonds. The zero-order valence-electron chi connectivity index (χ0n) is 19.8. The minimum Gasteiger partial charge on any atom is -0.497 e. The Morgan fingerprint density at radius 2 is 1.82 bits per heavy atom. The molecule has 1 saturated heterocycles. The number of carbonyl (C=O) groups is 2. The first-order valence-corrected chi connectivity index (χ1v) is 13.7. The molecule has 0 N–H and O–H groups in total. The molecule has 3 aromatic carbocycles. The number of rotatable bonds is 7. The van der Waals surface area contributed by atoms with E-state index in [1.807, 2.05) is 12.1 Å². The molecule has 0 saturated carbocycles. The lowest BCUT2D eigenvalue weighted by molar-refractivity contribution is -0.134. The van der Waals surface area contributed by atoms with Gasteiger partial charge in [-0.2, -0.15) is 0 Å². The summed E-state index contributed by atoms with van der Waals surface area (Å²) in [7, 11) is 1.57. The molecule has 0 unspecified atom stereocenters. The van der Waals surface area contributed by atoms with Gasteiger partial charge >= 0.3 is 10.9 Å². The number of benzene rings is 3. The Morgan fingerprint density at radius 1 is 1.08 bits per heavy atom. The van der Waals surface area contributed by atoms with Crippen LogP contribution in [-0.2, 0) is 9.59 Å². The second-order valence-electron chi connectivity index (χ2n) is 8.09. The van der Waals surface area contributed by atoms with Crippen molar-refractivity contribution in [1.82, 2.24) is 4.90 Å². The van der Waals surface area contributed by atoms with E-state index in [-0.39, 0.29) is 24.6 Å². The predicted octanol–water partition coefficient (Wildman–Crippen LogP) is 6.38. The maximum absolute atomic E-state index is 12.9. The first-order chi connectivity index (χ1) is 18.3. The minimum atomic E-state index is -0.545. The molecule has 5 rings (SSSR count). The van der Waals surface area contributed by atoms with Crippen molar-refractivity contribution in [3.8, 4) is 22.6 Å². The topological polar surface area (TPSA) is 86.0 Å². The first-order valence-electron chi connectivity index (χ1n) is 11.2. The highest BCUT2D eigenvalue weighted by molar-refractivity contribution is 8.26. The smallest absolute Gasteiger partial charge is 0.396 e. The number of hydrogen-bond donors (Lipinski definition) is 0. The van der Waals surface area contributed by atoms with Gasteiger partial charge in [-0.25, -0.2) is 4.79 Å². The molecular formula is C27H18ClNO6S3. The van der Waals surface area contributed by atoms with Crippen molar-refractivity contribution in [3.63, 3.8) is 0 Å². The van der Waals surface area contributed by atoms with Crippen LogP contribution in [0.1, 0.15) is 12.0 Å². The maximum Gasteiger partial charge on any atom is 0.396 e. The summed E-state index contributed by atoms with van der Waals surface area (Å²) in [4.78, 5) is 38.9.